The minimum atomic E-state index is -1.45. The Morgan fingerprint density at radius 3 is 1.64 bits per heavy atom. The van der Waals surface area contributed by atoms with Gasteiger partial charge in [0.15, 0.2) is 5.54 Å². The topological polar surface area (TPSA) is 57.6 Å². The first-order valence-corrected chi connectivity index (χ1v) is 8.24. The van der Waals surface area contributed by atoms with Gasteiger partial charge < -0.3 is 10.0 Å². The van der Waals surface area contributed by atoms with Gasteiger partial charge in [-0.05, 0) is 52.3 Å². The molecule has 0 aliphatic carbocycles. The monoisotopic (exact) mass is 339 g/mol. The third-order valence-electron chi connectivity index (χ3n) is 4.64. The molecule has 0 radical (unpaired) electrons. The van der Waals surface area contributed by atoms with E-state index in [-0.39, 0.29) is 5.91 Å². The van der Waals surface area contributed by atoms with Crippen LogP contribution in [0.5, 0.6) is 0 Å². The Morgan fingerprint density at radius 1 is 0.840 bits per heavy atom. The van der Waals surface area contributed by atoms with Gasteiger partial charge in [-0.25, -0.2) is 4.79 Å². The molecule has 0 saturated carbocycles. The summed E-state index contributed by atoms with van der Waals surface area (Å²) in [5, 5.41) is 9.95. The summed E-state index contributed by atoms with van der Waals surface area (Å²) in [6.45, 7) is 9.26. The third kappa shape index (κ3) is 3.58. The quantitative estimate of drug-likeness (QED) is 0.916. The summed E-state index contributed by atoms with van der Waals surface area (Å²) in [5.41, 5.74) is 3.52. The average molecular weight is 339 g/mol. The summed E-state index contributed by atoms with van der Waals surface area (Å²) < 4.78 is 0. The van der Waals surface area contributed by atoms with Crippen molar-refractivity contribution in [3.8, 4) is 0 Å². The van der Waals surface area contributed by atoms with Crippen molar-refractivity contribution in [1.82, 2.24) is 4.90 Å². The van der Waals surface area contributed by atoms with E-state index >= 15 is 0 Å². The fraction of sp³-hybridized carbons (Fsp3) is 0.333. The summed E-state index contributed by atoms with van der Waals surface area (Å²) in [5.74, 6) is -1.37. The van der Waals surface area contributed by atoms with E-state index < -0.39 is 11.5 Å². The van der Waals surface area contributed by atoms with Gasteiger partial charge in [-0.1, -0.05) is 46.5 Å². The van der Waals surface area contributed by atoms with Crippen molar-refractivity contribution >= 4 is 11.9 Å². The molecule has 2 aromatic carbocycles. The van der Waals surface area contributed by atoms with Gasteiger partial charge in [0, 0.05) is 12.6 Å². The van der Waals surface area contributed by atoms with Crippen LogP contribution >= 0.6 is 0 Å². The van der Waals surface area contributed by atoms with E-state index in [1.807, 2.05) is 52.0 Å². The number of nitrogens with zero attached hydrogens (tertiary/aromatic N) is 1. The number of carboxylic acid groups (broad SMARTS) is 1. The smallest absolute Gasteiger partial charge is 0.334 e. The van der Waals surface area contributed by atoms with E-state index in [2.05, 4.69) is 0 Å². The highest BCUT2D eigenvalue weighted by Crippen LogP contribution is 2.31. The molecule has 0 aliphatic heterocycles. The first-order valence-electron chi connectivity index (χ1n) is 8.24. The van der Waals surface area contributed by atoms with Crippen molar-refractivity contribution < 1.29 is 14.7 Å². The maximum absolute atomic E-state index is 13.0. The maximum Gasteiger partial charge on any atom is 0.334 e. The van der Waals surface area contributed by atoms with Crippen LogP contribution in [0.25, 0.3) is 0 Å². The Kier molecular flexibility index (Phi) is 5.02. The number of aryl methyl sites for hydroxylation is 4. The van der Waals surface area contributed by atoms with Crippen LogP contribution in [-0.2, 0) is 10.3 Å². The zero-order valence-electron chi connectivity index (χ0n) is 15.7. The van der Waals surface area contributed by atoms with E-state index in [9.17, 15) is 14.7 Å². The second kappa shape index (κ2) is 6.71. The average Bonchev–Trinajstić information content (AvgIpc) is 2.50. The van der Waals surface area contributed by atoms with Crippen LogP contribution < -0.4 is 0 Å². The molecule has 0 aromatic heterocycles. The predicted octanol–water partition coefficient (Wildman–Crippen LogP) is 3.99. The van der Waals surface area contributed by atoms with Crippen molar-refractivity contribution in [2.24, 2.45) is 0 Å². The second-order valence-corrected chi connectivity index (χ2v) is 6.99. The number of benzene rings is 2. The molecule has 1 atom stereocenters. The Labute approximate surface area is 149 Å². The highest BCUT2D eigenvalue weighted by molar-refractivity contribution is 5.98. The summed E-state index contributed by atoms with van der Waals surface area (Å²) in [7, 11) is 1.55. The lowest BCUT2D eigenvalue weighted by Crippen LogP contribution is -2.50. The van der Waals surface area contributed by atoms with Gasteiger partial charge in [0.1, 0.15) is 0 Å². The lowest BCUT2D eigenvalue weighted by Gasteiger charge is -2.36. The van der Waals surface area contributed by atoms with Crippen molar-refractivity contribution in [2.45, 2.75) is 40.2 Å². The Morgan fingerprint density at radius 2 is 1.24 bits per heavy atom. The number of amides is 1. The molecule has 2 aromatic rings. The highest BCUT2D eigenvalue weighted by atomic mass is 16.4. The molecule has 25 heavy (non-hydrogen) atoms. The van der Waals surface area contributed by atoms with Crippen LogP contribution in [0.15, 0.2) is 36.4 Å². The van der Waals surface area contributed by atoms with E-state index in [4.69, 9.17) is 0 Å². The molecule has 0 unspecified atom stereocenters. The first-order chi connectivity index (χ1) is 11.6. The molecule has 4 heteroatoms. The van der Waals surface area contributed by atoms with Crippen LogP contribution in [0.3, 0.4) is 0 Å². The van der Waals surface area contributed by atoms with Gasteiger partial charge in [0.05, 0.1) is 0 Å². The molecular formula is C21H25NO3. The lowest BCUT2D eigenvalue weighted by atomic mass is 9.87. The molecule has 0 fully saturated rings. The normalized spacial score (nSPS) is 13.2. The molecule has 2 rings (SSSR count). The van der Waals surface area contributed by atoms with Crippen LogP contribution in [0.4, 0.5) is 0 Å². The highest BCUT2D eigenvalue weighted by Gasteiger charge is 2.42. The van der Waals surface area contributed by atoms with Crippen molar-refractivity contribution in [3.05, 3.63) is 69.8 Å². The Hall–Kier alpha value is -2.62. The number of hydrogen-bond donors (Lipinski definition) is 1. The van der Waals surface area contributed by atoms with Gasteiger partial charge in [-0.2, -0.15) is 0 Å². The molecule has 4 nitrogen and oxygen atoms in total. The molecule has 0 aliphatic rings. The summed E-state index contributed by atoms with van der Waals surface area (Å²) in [6.07, 6.45) is 0. The number of carbonyl (C=O) groups is 2. The number of aliphatic carboxylic acids is 1. The minimum Gasteiger partial charge on any atom is -0.479 e. The maximum atomic E-state index is 13.0. The number of carboxylic acids is 1. The van der Waals surface area contributed by atoms with E-state index in [0.29, 0.717) is 11.1 Å². The fourth-order valence-electron chi connectivity index (χ4n) is 3.21. The van der Waals surface area contributed by atoms with Gasteiger partial charge in [-0.15, -0.1) is 0 Å². The standard InChI is InChI=1S/C21H25NO3/c1-13-7-14(2)10-17(9-13)19(23)22(6)21(5,20(24)25)18-11-15(3)8-16(4)12-18/h7-12H,1-6H3,(H,24,25)/t21-/m1/s1. The van der Waals surface area contributed by atoms with Crippen molar-refractivity contribution in [2.75, 3.05) is 7.05 Å². The molecule has 1 amide bonds. The van der Waals surface area contributed by atoms with Gasteiger partial charge in [-0.3, -0.25) is 4.79 Å². The number of hydrogen-bond acceptors (Lipinski definition) is 2. The van der Waals surface area contributed by atoms with E-state index in [0.717, 1.165) is 22.3 Å². The van der Waals surface area contributed by atoms with E-state index in [1.165, 1.54) is 4.90 Å². The van der Waals surface area contributed by atoms with E-state index in [1.54, 1.807) is 26.1 Å². The molecular weight excluding hydrogens is 314 g/mol. The van der Waals surface area contributed by atoms with Crippen LogP contribution in [0, 0.1) is 27.7 Å². The molecule has 0 heterocycles. The van der Waals surface area contributed by atoms with Crippen LogP contribution in [0.1, 0.15) is 45.1 Å². The predicted molar refractivity (Wildman–Crippen MR) is 98.9 cm³/mol. The zero-order chi connectivity index (χ0) is 18.9. The summed E-state index contributed by atoms with van der Waals surface area (Å²) >= 11 is 0. The Balaban J connectivity index is 2.55. The molecule has 0 spiro atoms. The van der Waals surface area contributed by atoms with Crippen molar-refractivity contribution in [3.63, 3.8) is 0 Å². The van der Waals surface area contributed by atoms with Crippen molar-refractivity contribution in [1.29, 1.82) is 0 Å². The van der Waals surface area contributed by atoms with Crippen LogP contribution in [-0.4, -0.2) is 28.9 Å². The molecule has 0 bridgehead atoms. The second-order valence-electron chi connectivity index (χ2n) is 6.99. The fourth-order valence-corrected chi connectivity index (χ4v) is 3.21. The summed E-state index contributed by atoms with van der Waals surface area (Å²) in [4.78, 5) is 26.5. The Bertz CT molecular complexity index is 801. The lowest BCUT2D eigenvalue weighted by molar-refractivity contribution is -0.148. The number of carbonyl (C=O) groups excluding carboxylic acids is 1. The minimum absolute atomic E-state index is 0.309. The molecule has 132 valence electrons. The number of likely N-dealkylation sites (N-methyl/N-ethyl adjacent to an activating group) is 1. The first kappa shape index (κ1) is 18.7. The van der Waals surface area contributed by atoms with Gasteiger partial charge >= 0.3 is 5.97 Å². The van der Waals surface area contributed by atoms with Crippen LogP contribution in [0.2, 0.25) is 0 Å². The molecule has 0 saturated heterocycles. The SMILES string of the molecule is Cc1cc(C)cc(C(=O)N(C)[C@@](C)(C(=O)O)c2cc(C)cc(C)c2)c1. The largest absolute Gasteiger partial charge is 0.479 e. The summed E-state index contributed by atoms with van der Waals surface area (Å²) in [6, 6.07) is 11.2. The number of rotatable bonds is 4. The third-order valence-corrected chi connectivity index (χ3v) is 4.64. The zero-order valence-corrected chi connectivity index (χ0v) is 15.7. The molecule has 1 N–H and O–H groups in total. The van der Waals surface area contributed by atoms with Gasteiger partial charge in [0.25, 0.3) is 5.91 Å². The van der Waals surface area contributed by atoms with Gasteiger partial charge in [0.2, 0.25) is 0 Å².